The van der Waals surface area contributed by atoms with Crippen LogP contribution in [0.1, 0.15) is 20.8 Å². The fourth-order valence-corrected chi connectivity index (χ4v) is 4.25. The van der Waals surface area contributed by atoms with Gasteiger partial charge < -0.3 is 14.2 Å². The molecular weight excluding hydrogens is 476 g/mol. The minimum absolute atomic E-state index is 0.126. The van der Waals surface area contributed by atoms with Gasteiger partial charge in [0.15, 0.2) is 0 Å². The first kappa shape index (κ1) is 25.2. The van der Waals surface area contributed by atoms with Gasteiger partial charge in [0.2, 0.25) is 5.96 Å². The number of alkyl halides is 9. The molecule has 0 amide bonds. The molecule has 0 radical (unpaired) electrons. The van der Waals surface area contributed by atoms with Gasteiger partial charge in [0.25, 0.3) is 0 Å². The first-order valence-electron chi connectivity index (χ1n) is 8.16. The van der Waals surface area contributed by atoms with E-state index < -0.39 is 54.9 Å². The van der Waals surface area contributed by atoms with Crippen LogP contribution in [-0.2, 0) is 13.8 Å². The van der Waals surface area contributed by atoms with E-state index in [1.165, 1.54) is 27.8 Å². The first-order valence-corrected chi connectivity index (χ1v) is 9.73. The maximum Gasteiger partial charge on any atom is 0.468 e. The van der Waals surface area contributed by atoms with Gasteiger partial charge in [-0.1, -0.05) is 0 Å². The second-order valence-corrected chi connectivity index (χ2v) is 9.24. The van der Waals surface area contributed by atoms with E-state index in [4.69, 9.17) is 4.52 Å². The number of aliphatic imine (C=N–C) groups is 2. The third kappa shape index (κ3) is 4.08. The molecular formula is C13H15F9N5O3P. The summed E-state index contributed by atoms with van der Waals surface area (Å²) in [5.74, 6) is -3.53. The van der Waals surface area contributed by atoms with Crippen LogP contribution in [0.5, 0.6) is 0 Å². The highest BCUT2D eigenvalue weighted by Gasteiger charge is 2.75. The third-order valence-corrected chi connectivity index (χ3v) is 7.08. The summed E-state index contributed by atoms with van der Waals surface area (Å²) < 4.78 is 144. The fraction of sp³-hybridized carbons (Fsp3) is 0.769. The number of rotatable bonds is 2. The van der Waals surface area contributed by atoms with E-state index in [-0.39, 0.29) is 6.61 Å². The average Bonchev–Trinajstić information content (AvgIpc) is 2.72. The molecule has 178 valence electrons. The van der Waals surface area contributed by atoms with Crippen molar-refractivity contribution in [3.63, 3.8) is 0 Å². The van der Waals surface area contributed by atoms with Crippen molar-refractivity contribution in [1.82, 2.24) is 10.2 Å². The van der Waals surface area contributed by atoms with E-state index in [9.17, 15) is 44.1 Å². The number of nitrogens with one attached hydrogen (secondary N) is 1. The van der Waals surface area contributed by atoms with Crippen LogP contribution in [-0.4, -0.2) is 65.9 Å². The van der Waals surface area contributed by atoms with Crippen molar-refractivity contribution in [3.8, 4) is 0 Å². The summed E-state index contributed by atoms with van der Waals surface area (Å²) in [5, 5.41) is 0.257. The molecule has 2 aliphatic rings. The van der Waals surface area contributed by atoms with E-state index in [0.717, 1.165) is 4.90 Å². The smallest absolute Gasteiger partial charge is 0.402 e. The zero-order valence-electron chi connectivity index (χ0n) is 16.1. The minimum atomic E-state index is -6.41. The fourth-order valence-electron chi connectivity index (χ4n) is 2.37. The Hall–Kier alpha value is -2.03. The number of ether oxygens (including phenoxy) is 1. The average molecular weight is 491 g/mol. The minimum Gasteiger partial charge on any atom is -0.402 e. The Kier molecular flexibility index (Phi) is 5.90. The third-order valence-electron chi connectivity index (χ3n) is 4.33. The summed E-state index contributed by atoms with van der Waals surface area (Å²) in [6.07, 6.45) is -18.7. The van der Waals surface area contributed by atoms with Crippen molar-refractivity contribution in [2.75, 3.05) is 13.7 Å². The SMILES string of the molecule is CCOP1(=O)N=C(NC2=NC(C(F)(F)F)(C(F)(F)F)N=C(C(F)(F)F)O2)N(C)C1(C)C. The maximum absolute atomic E-state index is 13.3. The lowest BCUT2D eigenvalue weighted by molar-refractivity contribution is -0.294. The lowest BCUT2D eigenvalue weighted by atomic mass is 10.1. The monoisotopic (exact) mass is 491 g/mol. The molecule has 0 aromatic rings. The zero-order valence-corrected chi connectivity index (χ0v) is 17.0. The number of guanidine groups is 1. The van der Waals surface area contributed by atoms with E-state index in [1.54, 1.807) is 10.3 Å². The Labute approximate surface area is 168 Å². The molecule has 8 nitrogen and oxygen atoms in total. The number of amidine groups is 1. The second-order valence-electron chi connectivity index (χ2n) is 6.64. The van der Waals surface area contributed by atoms with Crippen molar-refractivity contribution in [2.24, 2.45) is 14.7 Å². The molecule has 0 aliphatic carbocycles. The van der Waals surface area contributed by atoms with Gasteiger partial charge in [-0.15, -0.1) is 0 Å². The molecule has 0 aromatic heterocycles. The molecule has 0 saturated heterocycles. The standard InChI is InChI=1S/C13H15F9N5O3P/c1-5-29-31(28)9(2,3)27(4)7(26-31)23-8-25-11(12(17,18)19,13(20,21)22)24-6(30-8)10(14,15)16/h5H2,1-4H3,(H,23,25,26,28). The van der Waals surface area contributed by atoms with Crippen LogP contribution in [0.25, 0.3) is 0 Å². The van der Waals surface area contributed by atoms with Crippen LogP contribution >= 0.6 is 7.52 Å². The highest BCUT2D eigenvalue weighted by molar-refractivity contribution is 7.59. The zero-order chi connectivity index (χ0) is 24.3. The van der Waals surface area contributed by atoms with Crippen molar-refractivity contribution < 1.29 is 53.3 Å². The quantitative estimate of drug-likeness (QED) is 0.466. The number of hydrogen-bond acceptors (Lipinski definition) is 7. The number of halogens is 9. The Morgan fingerprint density at radius 3 is 2.00 bits per heavy atom. The molecule has 1 atom stereocenters. The van der Waals surface area contributed by atoms with Gasteiger partial charge >= 0.3 is 43.6 Å². The van der Waals surface area contributed by atoms with Crippen molar-refractivity contribution in [3.05, 3.63) is 0 Å². The van der Waals surface area contributed by atoms with Crippen LogP contribution < -0.4 is 5.32 Å². The summed E-state index contributed by atoms with van der Waals surface area (Å²) in [4.78, 5) is 4.97. The van der Waals surface area contributed by atoms with Gasteiger partial charge in [-0.2, -0.15) is 54.3 Å². The lowest BCUT2D eigenvalue weighted by Gasteiger charge is -2.35. The Morgan fingerprint density at radius 1 is 1.06 bits per heavy atom. The Balaban J connectivity index is 2.61. The van der Waals surface area contributed by atoms with E-state index >= 15 is 0 Å². The number of hydrogen-bond donors (Lipinski definition) is 1. The van der Waals surface area contributed by atoms with Gasteiger partial charge in [-0.3, -0.25) is 9.88 Å². The normalized spacial score (nSPS) is 26.1. The van der Waals surface area contributed by atoms with Crippen molar-refractivity contribution >= 4 is 25.4 Å². The maximum atomic E-state index is 13.3. The second kappa shape index (κ2) is 7.25. The van der Waals surface area contributed by atoms with Gasteiger partial charge in [0.1, 0.15) is 5.28 Å². The van der Waals surface area contributed by atoms with E-state index in [0.29, 0.717) is 0 Å². The first-order chi connectivity index (χ1) is 13.7. The summed E-state index contributed by atoms with van der Waals surface area (Å²) in [6.45, 7) is 3.96. The summed E-state index contributed by atoms with van der Waals surface area (Å²) in [7, 11) is -2.78. The predicted octanol–water partition coefficient (Wildman–Crippen LogP) is 4.01. The largest absolute Gasteiger partial charge is 0.468 e. The predicted molar refractivity (Wildman–Crippen MR) is 88.5 cm³/mol. The lowest BCUT2D eigenvalue weighted by Crippen LogP contribution is -2.59. The highest BCUT2D eigenvalue weighted by atomic mass is 31.2. The molecule has 0 bridgehead atoms. The molecule has 0 spiro atoms. The summed E-state index contributed by atoms with van der Waals surface area (Å²) in [6, 6.07) is -1.86. The van der Waals surface area contributed by atoms with E-state index in [1.807, 2.05) is 0 Å². The Bertz CT molecular complexity index is 861. The van der Waals surface area contributed by atoms with Crippen molar-refractivity contribution in [1.29, 1.82) is 0 Å². The molecule has 2 rings (SSSR count). The van der Waals surface area contributed by atoms with Gasteiger partial charge in [0, 0.05) is 7.05 Å². The van der Waals surface area contributed by atoms with Gasteiger partial charge in [-0.25, -0.2) is 0 Å². The molecule has 2 heterocycles. The topological polar surface area (TPSA) is 87.9 Å². The highest BCUT2D eigenvalue weighted by Crippen LogP contribution is 2.64. The van der Waals surface area contributed by atoms with Crippen LogP contribution in [0.2, 0.25) is 0 Å². The van der Waals surface area contributed by atoms with Crippen LogP contribution in [0.15, 0.2) is 14.7 Å². The van der Waals surface area contributed by atoms with Crippen LogP contribution in [0, 0.1) is 0 Å². The molecule has 18 heteroatoms. The molecule has 1 N–H and O–H groups in total. The molecule has 0 saturated carbocycles. The molecule has 0 fully saturated rings. The Morgan fingerprint density at radius 2 is 1.58 bits per heavy atom. The summed E-state index contributed by atoms with van der Waals surface area (Å²) in [5.41, 5.74) is -5.50. The van der Waals surface area contributed by atoms with Crippen LogP contribution in [0.4, 0.5) is 39.5 Å². The van der Waals surface area contributed by atoms with Gasteiger partial charge in [0.05, 0.1) is 6.61 Å². The van der Waals surface area contributed by atoms with Gasteiger partial charge in [-0.05, 0) is 20.8 Å². The van der Waals surface area contributed by atoms with Crippen LogP contribution in [0.3, 0.4) is 0 Å². The van der Waals surface area contributed by atoms with Crippen molar-refractivity contribution in [2.45, 2.75) is 50.2 Å². The molecule has 0 aromatic carbocycles. The summed E-state index contributed by atoms with van der Waals surface area (Å²) >= 11 is 0. The molecule has 2 aliphatic heterocycles. The molecule has 1 unspecified atom stereocenters. The van der Waals surface area contributed by atoms with E-state index in [2.05, 4.69) is 14.5 Å². The molecule has 31 heavy (non-hydrogen) atoms. The number of nitrogens with zero attached hydrogens (tertiary/aromatic N) is 4.